The van der Waals surface area contributed by atoms with Gasteiger partial charge in [-0.05, 0) is 13.3 Å². The minimum Gasteiger partial charge on any atom is -0.480 e. The molecular weight excluding hydrogens is 278 g/mol. The highest BCUT2D eigenvalue weighted by atomic mass is 32.2. The van der Waals surface area contributed by atoms with Crippen LogP contribution in [0.3, 0.4) is 0 Å². The van der Waals surface area contributed by atoms with Crippen LogP contribution in [0, 0.1) is 0 Å². The second-order valence-electron chi connectivity index (χ2n) is 4.03. The number of rotatable bonds is 5. The molecule has 0 spiro atoms. The quantitative estimate of drug-likeness (QED) is 0.524. The average Bonchev–Trinajstić information content (AvgIpc) is 2.27. The number of carbonyl (C=O) groups is 1. The van der Waals surface area contributed by atoms with Crippen LogP contribution in [-0.4, -0.2) is 35.0 Å². The molecule has 9 nitrogen and oxygen atoms in total. The van der Waals surface area contributed by atoms with Crippen LogP contribution in [0.1, 0.15) is 20.3 Å². The van der Waals surface area contributed by atoms with Crippen LogP contribution in [0.25, 0.3) is 0 Å². The molecule has 0 fully saturated rings. The van der Waals surface area contributed by atoms with E-state index in [1.165, 1.54) is 13.8 Å². The summed E-state index contributed by atoms with van der Waals surface area (Å²) in [5, 5.41) is 8.99. The Balaban J connectivity index is 3.30. The van der Waals surface area contributed by atoms with Crippen molar-refractivity contribution in [3.63, 3.8) is 0 Å². The molecule has 0 radical (unpaired) electrons. The first-order valence-corrected chi connectivity index (χ1v) is 6.70. The molecule has 0 saturated carbocycles. The van der Waals surface area contributed by atoms with Crippen LogP contribution < -0.4 is 16.0 Å². The fourth-order valence-electron chi connectivity index (χ4n) is 1.22. The molecule has 0 amide bonds. The number of aliphatic carboxylic acids is 1. The Morgan fingerprint density at radius 1 is 1.47 bits per heavy atom. The lowest BCUT2D eigenvalue weighted by Crippen LogP contribution is -2.52. The van der Waals surface area contributed by atoms with E-state index in [-0.39, 0.29) is 6.42 Å². The van der Waals surface area contributed by atoms with Crippen molar-refractivity contribution in [2.24, 2.45) is 0 Å². The van der Waals surface area contributed by atoms with E-state index >= 15 is 0 Å². The topological polar surface area (TPSA) is 149 Å². The van der Waals surface area contributed by atoms with E-state index in [1.54, 1.807) is 4.98 Å². The third-order valence-corrected chi connectivity index (χ3v) is 4.22. The molecule has 0 aromatic carbocycles. The Labute approximate surface area is 107 Å². The Bertz CT molecular complexity index is 703. The van der Waals surface area contributed by atoms with Gasteiger partial charge in [-0.2, -0.15) is 4.72 Å². The maximum absolute atomic E-state index is 11.9. The molecule has 1 unspecified atom stereocenters. The predicted molar refractivity (Wildman–Crippen MR) is 64.3 cm³/mol. The van der Waals surface area contributed by atoms with Crippen LogP contribution in [0.15, 0.2) is 20.7 Å². The summed E-state index contributed by atoms with van der Waals surface area (Å²) < 4.78 is 25.8. The summed E-state index contributed by atoms with van der Waals surface area (Å²) in [6, 6.07) is 0. The van der Waals surface area contributed by atoms with Crippen molar-refractivity contribution in [1.29, 1.82) is 0 Å². The van der Waals surface area contributed by atoms with Crippen LogP contribution in [0.4, 0.5) is 0 Å². The second-order valence-corrected chi connectivity index (χ2v) is 5.68. The highest BCUT2D eigenvalue weighted by Crippen LogP contribution is 2.13. The minimum absolute atomic E-state index is 0.0250. The van der Waals surface area contributed by atoms with Crippen LogP contribution in [0.2, 0.25) is 0 Å². The number of carboxylic acid groups (broad SMARTS) is 1. The summed E-state index contributed by atoms with van der Waals surface area (Å²) in [4.78, 5) is 36.2. The van der Waals surface area contributed by atoms with Gasteiger partial charge in [-0.3, -0.25) is 14.6 Å². The summed E-state index contributed by atoms with van der Waals surface area (Å²) >= 11 is 0. The number of hydrogen-bond donors (Lipinski definition) is 4. The van der Waals surface area contributed by atoms with E-state index in [0.717, 1.165) is 0 Å². The lowest BCUT2D eigenvalue weighted by Gasteiger charge is -2.23. The zero-order chi connectivity index (χ0) is 14.8. The van der Waals surface area contributed by atoms with Gasteiger partial charge >= 0.3 is 11.7 Å². The van der Waals surface area contributed by atoms with Crippen LogP contribution >= 0.6 is 0 Å². The van der Waals surface area contributed by atoms with Gasteiger partial charge in [0.2, 0.25) is 10.0 Å². The zero-order valence-electron chi connectivity index (χ0n) is 10.2. The molecule has 19 heavy (non-hydrogen) atoms. The van der Waals surface area contributed by atoms with Gasteiger partial charge in [0.1, 0.15) is 5.54 Å². The largest absolute Gasteiger partial charge is 0.480 e. The third-order valence-electron chi connectivity index (χ3n) is 2.61. The zero-order valence-corrected chi connectivity index (χ0v) is 11.0. The molecule has 0 aliphatic rings. The van der Waals surface area contributed by atoms with Gasteiger partial charge in [0.05, 0.1) is 0 Å². The van der Waals surface area contributed by atoms with Crippen molar-refractivity contribution in [1.82, 2.24) is 14.7 Å². The molecule has 1 rings (SSSR count). The monoisotopic (exact) mass is 291 g/mol. The van der Waals surface area contributed by atoms with Crippen molar-refractivity contribution < 1.29 is 18.3 Å². The lowest BCUT2D eigenvalue weighted by atomic mass is 10.0. The van der Waals surface area contributed by atoms with Crippen molar-refractivity contribution in [2.75, 3.05) is 0 Å². The van der Waals surface area contributed by atoms with Gasteiger partial charge in [-0.15, -0.1) is 0 Å². The summed E-state index contributed by atoms with van der Waals surface area (Å²) in [6.45, 7) is 2.65. The first-order valence-electron chi connectivity index (χ1n) is 5.22. The van der Waals surface area contributed by atoms with Crippen molar-refractivity contribution in [3.05, 3.63) is 27.0 Å². The summed E-state index contributed by atoms with van der Waals surface area (Å²) in [5.74, 6) is -1.38. The molecule has 10 heteroatoms. The second kappa shape index (κ2) is 4.97. The van der Waals surface area contributed by atoms with E-state index in [1.807, 2.05) is 9.71 Å². The molecule has 0 aliphatic heterocycles. The fourth-order valence-corrected chi connectivity index (χ4v) is 2.66. The van der Waals surface area contributed by atoms with Crippen LogP contribution in [0.5, 0.6) is 0 Å². The number of aromatic amines is 2. The molecular formula is C9H13N3O6S. The Morgan fingerprint density at radius 2 is 2.05 bits per heavy atom. The van der Waals surface area contributed by atoms with E-state index < -0.39 is 37.7 Å². The average molecular weight is 291 g/mol. The standard InChI is InChI=1S/C9H13N3O6S/c1-3-9(2,7(14)15)12-19(17,18)5-4-10-8(16)11-6(5)13/h4,12H,3H2,1-2H3,(H,14,15)(H2,10,11,13,16). The van der Waals surface area contributed by atoms with E-state index in [9.17, 15) is 22.8 Å². The number of hydrogen-bond acceptors (Lipinski definition) is 5. The molecule has 106 valence electrons. The smallest absolute Gasteiger partial charge is 0.325 e. The first kappa shape index (κ1) is 15.1. The molecule has 1 atom stereocenters. The van der Waals surface area contributed by atoms with Gasteiger partial charge < -0.3 is 10.1 Å². The van der Waals surface area contributed by atoms with Crippen molar-refractivity contribution >= 4 is 16.0 Å². The Kier molecular flexibility index (Phi) is 3.96. The molecule has 0 saturated heterocycles. The molecule has 1 aromatic heterocycles. The summed E-state index contributed by atoms with van der Waals surface area (Å²) in [7, 11) is -4.37. The maximum Gasteiger partial charge on any atom is 0.325 e. The number of H-pyrrole nitrogens is 2. The fraction of sp³-hybridized carbons (Fsp3) is 0.444. The molecule has 0 aliphatic carbocycles. The lowest BCUT2D eigenvalue weighted by molar-refractivity contribution is -0.143. The first-order chi connectivity index (χ1) is 8.62. The SMILES string of the molecule is CCC(C)(NS(=O)(=O)c1c[nH]c(=O)[nH]c1=O)C(=O)O. The van der Waals surface area contributed by atoms with Crippen molar-refractivity contribution in [3.8, 4) is 0 Å². The number of sulfonamides is 1. The van der Waals surface area contributed by atoms with Gasteiger partial charge in [-0.1, -0.05) is 6.92 Å². The van der Waals surface area contributed by atoms with E-state index in [4.69, 9.17) is 5.11 Å². The maximum atomic E-state index is 11.9. The summed E-state index contributed by atoms with van der Waals surface area (Å²) in [5.41, 5.74) is -3.73. The molecule has 0 bridgehead atoms. The molecule has 4 N–H and O–H groups in total. The number of carboxylic acids is 1. The third kappa shape index (κ3) is 3.09. The van der Waals surface area contributed by atoms with Gasteiger partial charge in [-0.25, -0.2) is 13.2 Å². The molecule has 1 heterocycles. The number of aromatic nitrogens is 2. The van der Waals surface area contributed by atoms with Gasteiger partial charge in [0.15, 0.2) is 4.90 Å². The predicted octanol–water partition coefficient (Wildman–Crippen LogP) is -1.41. The van der Waals surface area contributed by atoms with E-state index in [2.05, 4.69) is 0 Å². The van der Waals surface area contributed by atoms with Gasteiger partial charge in [0, 0.05) is 6.20 Å². The normalized spacial score (nSPS) is 14.8. The van der Waals surface area contributed by atoms with E-state index in [0.29, 0.717) is 6.20 Å². The summed E-state index contributed by atoms with van der Waals surface area (Å²) in [6.07, 6.45) is 0.685. The molecule has 1 aromatic rings. The van der Waals surface area contributed by atoms with Gasteiger partial charge in [0.25, 0.3) is 5.56 Å². The minimum atomic E-state index is -4.37. The Hall–Kier alpha value is -1.94. The number of nitrogens with one attached hydrogen (secondary N) is 3. The highest BCUT2D eigenvalue weighted by Gasteiger charge is 2.37. The highest BCUT2D eigenvalue weighted by molar-refractivity contribution is 7.89. The van der Waals surface area contributed by atoms with Crippen LogP contribution in [-0.2, 0) is 14.8 Å². The Morgan fingerprint density at radius 3 is 2.47 bits per heavy atom. The van der Waals surface area contributed by atoms with Crippen molar-refractivity contribution in [2.45, 2.75) is 30.7 Å².